The smallest absolute Gasteiger partial charge is 0.379 e. The number of hydrogen-bond donors (Lipinski definition) is 0. The zero-order valence-electron chi connectivity index (χ0n) is 10.7. The van der Waals surface area contributed by atoms with Gasteiger partial charge in [0.15, 0.2) is 0 Å². The lowest BCUT2D eigenvalue weighted by Crippen LogP contribution is -2.45. The number of hydrogen-bond acceptors (Lipinski definition) is 3. The molecule has 0 rings (SSSR count). The summed E-state index contributed by atoms with van der Waals surface area (Å²) >= 11 is 0. The van der Waals surface area contributed by atoms with Crippen molar-refractivity contribution in [3.8, 4) is 0 Å². The van der Waals surface area contributed by atoms with E-state index in [0.29, 0.717) is 0 Å². The molecule has 0 amide bonds. The van der Waals surface area contributed by atoms with Crippen molar-refractivity contribution in [1.29, 1.82) is 0 Å². The van der Waals surface area contributed by atoms with Gasteiger partial charge in [-0.2, -0.15) is 8.78 Å². The molecule has 2 unspecified atom stereocenters. The van der Waals surface area contributed by atoms with Gasteiger partial charge in [0.05, 0.1) is 12.7 Å². The predicted molar refractivity (Wildman–Crippen MR) is 61.0 cm³/mol. The first-order valence-electron chi connectivity index (χ1n) is 5.73. The molecule has 17 heavy (non-hydrogen) atoms. The summed E-state index contributed by atoms with van der Waals surface area (Å²) in [7, 11) is 0. The van der Waals surface area contributed by atoms with E-state index >= 15 is 0 Å². The van der Waals surface area contributed by atoms with Crippen molar-refractivity contribution in [2.45, 2.75) is 52.2 Å². The second-order valence-corrected chi connectivity index (χ2v) is 3.61. The van der Waals surface area contributed by atoms with E-state index in [4.69, 9.17) is 4.74 Å². The minimum atomic E-state index is -3.61. The first-order chi connectivity index (χ1) is 7.89. The van der Waals surface area contributed by atoms with E-state index in [9.17, 15) is 13.6 Å². The molecule has 5 heteroatoms. The van der Waals surface area contributed by atoms with Gasteiger partial charge in [-0.1, -0.05) is 19.1 Å². The van der Waals surface area contributed by atoms with Gasteiger partial charge in [0.25, 0.3) is 0 Å². The first kappa shape index (κ1) is 16.0. The molecule has 0 spiro atoms. The minimum Gasteiger partial charge on any atom is -0.461 e. The molecule has 0 bridgehead atoms. The SMILES string of the molecule is CC=CC(C)OC(CC)C(F)(F)C(=O)OCC. The van der Waals surface area contributed by atoms with Gasteiger partial charge in [-0.15, -0.1) is 0 Å². The van der Waals surface area contributed by atoms with Gasteiger partial charge in [-0.05, 0) is 27.2 Å². The van der Waals surface area contributed by atoms with Crippen LogP contribution < -0.4 is 0 Å². The summed E-state index contributed by atoms with van der Waals surface area (Å²) in [6.07, 6.45) is 1.45. The maximum atomic E-state index is 13.6. The molecule has 0 aromatic rings. The highest BCUT2D eigenvalue weighted by molar-refractivity contribution is 5.78. The van der Waals surface area contributed by atoms with Crippen LogP contribution in [0, 0.1) is 0 Å². The molecular weight excluding hydrogens is 230 g/mol. The Bertz CT molecular complexity index is 264. The standard InChI is InChI=1S/C12H20F2O3/c1-5-8-9(4)17-10(6-2)12(13,14)11(15)16-7-3/h5,8-10H,6-7H2,1-4H3. The highest BCUT2D eigenvalue weighted by Crippen LogP contribution is 2.26. The summed E-state index contributed by atoms with van der Waals surface area (Å²) in [5.74, 6) is -5.14. The van der Waals surface area contributed by atoms with Gasteiger partial charge in [-0.25, -0.2) is 4.79 Å². The van der Waals surface area contributed by atoms with Crippen LogP contribution >= 0.6 is 0 Å². The number of ether oxygens (including phenoxy) is 2. The fourth-order valence-electron chi connectivity index (χ4n) is 1.37. The lowest BCUT2D eigenvalue weighted by atomic mass is 10.1. The average molecular weight is 250 g/mol. The van der Waals surface area contributed by atoms with E-state index in [-0.39, 0.29) is 13.0 Å². The third-order valence-corrected chi connectivity index (χ3v) is 2.17. The molecule has 0 radical (unpaired) electrons. The van der Waals surface area contributed by atoms with Crippen LogP contribution in [0.5, 0.6) is 0 Å². The molecule has 0 aliphatic carbocycles. The zero-order valence-corrected chi connectivity index (χ0v) is 10.7. The zero-order chi connectivity index (χ0) is 13.5. The van der Waals surface area contributed by atoms with Crippen molar-refractivity contribution in [2.75, 3.05) is 6.61 Å². The Labute approximate surface area is 101 Å². The van der Waals surface area contributed by atoms with Crippen LogP contribution in [0.4, 0.5) is 8.78 Å². The number of allylic oxidation sites excluding steroid dienone is 1. The lowest BCUT2D eigenvalue weighted by molar-refractivity contribution is -0.198. The largest absolute Gasteiger partial charge is 0.461 e. The normalized spacial score (nSPS) is 15.9. The minimum absolute atomic E-state index is 0.0354. The van der Waals surface area contributed by atoms with E-state index in [1.165, 1.54) is 6.92 Å². The molecule has 100 valence electrons. The van der Waals surface area contributed by atoms with Gasteiger partial charge >= 0.3 is 11.9 Å². The predicted octanol–water partition coefficient (Wildman–Crippen LogP) is 2.94. The molecule has 0 aliphatic rings. The second kappa shape index (κ2) is 7.37. The van der Waals surface area contributed by atoms with Gasteiger partial charge in [0, 0.05) is 0 Å². The molecule has 0 aromatic heterocycles. The van der Waals surface area contributed by atoms with Crippen LogP contribution in [0.25, 0.3) is 0 Å². The molecular formula is C12H20F2O3. The molecule has 0 N–H and O–H groups in total. The third-order valence-electron chi connectivity index (χ3n) is 2.17. The summed E-state index contributed by atoms with van der Waals surface area (Å²) in [5.41, 5.74) is 0. The average Bonchev–Trinajstić information content (AvgIpc) is 2.26. The summed E-state index contributed by atoms with van der Waals surface area (Å²) in [4.78, 5) is 11.1. The summed E-state index contributed by atoms with van der Waals surface area (Å²) in [6, 6.07) is 0. The fraction of sp³-hybridized carbons (Fsp3) is 0.750. The highest BCUT2D eigenvalue weighted by atomic mass is 19.3. The summed E-state index contributed by atoms with van der Waals surface area (Å²) < 4.78 is 36.8. The van der Waals surface area contributed by atoms with Crippen molar-refractivity contribution < 1.29 is 23.0 Å². The molecule has 0 aromatic carbocycles. The Hall–Kier alpha value is -0.970. The quantitative estimate of drug-likeness (QED) is 0.515. The molecule has 2 atom stereocenters. The van der Waals surface area contributed by atoms with Crippen LogP contribution in [0.3, 0.4) is 0 Å². The van der Waals surface area contributed by atoms with Gasteiger partial charge in [-0.3, -0.25) is 0 Å². The van der Waals surface area contributed by atoms with Crippen molar-refractivity contribution in [2.24, 2.45) is 0 Å². The fourth-order valence-corrected chi connectivity index (χ4v) is 1.37. The molecule has 0 saturated carbocycles. The monoisotopic (exact) mass is 250 g/mol. The summed E-state index contributed by atoms with van der Waals surface area (Å²) in [6.45, 7) is 6.36. The summed E-state index contributed by atoms with van der Waals surface area (Å²) in [5, 5.41) is 0. The van der Waals surface area contributed by atoms with Crippen molar-refractivity contribution in [3.05, 3.63) is 12.2 Å². The maximum Gasteiger partial charge on any atom is 0.379 e. The Morgan fingerprint density at radius 1 is 1.41 bits per heavy atom. The van der Waals surface area contributed by atoms with E-state index in [0.717, 1.165) is 0 Å². The van der Waals surface area contributed by atoms with E-state index in [1.807, 2.05) is 0 Å². The number of carbonyl (C=O) groups is 1. The molecule has 0 heterocycles. The third kappa shape index (κ3) is 4.81. The van der Waals surface area contributed by atoms with Gasteiger partial charge in [0.2, 0.25) is 0 Å². The highest BCUT2D eigenvalue weighted by Gasteiger charge is 2.49. The van der Waals surface area contributed by atoms with Gasteiger partial charge in [0.1, 0.15) is 6.10 Å². The Kier molecular flexibility index (Phi) is 6.95. The molecule has 0 saturated heterocycles. The van der Waals surface area contributed by atoms with Crippen molar-refractivity contribution in [3.63, 3.8) is 0 Å². The van der Waals surface area contributed by atoms with Crippen molar-refractivity contribution in [1.82, 2.24) is 0 Å². The Morgan fingerprint density at radius 3 is 2.41 bits per heavy atom. The maximum absolute atomic E-state index is 13.6. The topological polar surface area (TPSA) is 35.5 Å². The molecule has 0 aliphatic heterocycles. The van der Waals surface area contributed by atoms with Gasteiger partial charge < -0.3 is 9.47 Å². The van der Waals surface area contributed by atoms with Crippen LogP contribution in [-0.2, 0) is 14.3 Å². The van der Waals surface area contributed by atoms with Crippen LogP contribution in [-0.4, -0.2) is 30.7 Å². The van der Waals surface area contributed by atoms with E-state index < -0.39 is 24.1 Å². The Morgan fingerprint density at radius 2 is 2.00 bits per heavy atom. The number of rotatable bonds is 7. The lowest BCUT2D eigenvalue weighted by Gasteiger charge is -2.26. The number of alkyl halides is 2. The van der Waals surface area contributed by atoms with Crippen molar-refractivity contribution >= 4 is 5.97 Å². The van der Waals surface area contributed by atoms with Crippen LogP contribution in [0.15, 0.2) is 12.2 Å². The molecule has 3 nitrogen and oxygen atoms in total. The second-order valence-electron chi connectivity index (χ2n) is 3.61. The van der Waals surface area contributed by atoms with Crippen LogP contribution in [0.2, 0.25) is 0 Å². The number of esters is 1. The molecule has 0 fully saturated rings. The number of halogens is 2. The Balaban J connectivity index is 4.67. The van der Waals surface area contributed by atoms with E-state index in [1.54, 1.807) is 32.9 Å². The first-order valence-corrected chi connectivity index (χ1v) is 5.73. The van der Waals surface area contributed by atoms with Crippen LogP contribution in [0.1, 0.15) is 34.1 Å². The number of carbonyl (C=O) groups excluding carboxylic acids is 1. The van der Waals surface area contributed by atoms with E-state index in [2.05, 4.69) is 4.74 Å².